The van der Waals surface area contributed by atoms with Gasteiger partial charge in [0.15, 0.2) is 11.4 Å². The van der Waals surface area contributed by atoms with Crippen molar-refractivity contribution < 1.29 is 14.3 Å². The zero-order valence-corrected chi connectivity index (χ0v) is 12.4. The van der Waals surface area contributed by atoms with E-state index in [-0.39, 0.29) is 0 Å². The van der Waals surface area contributed by atoms with Crippen molar-refractivity contribution in [3.8, 4) is 0 Å². The molecule has 22 heavy (non-hydrogen) atoms. The minimum atomic E-state index is -1.16. The Labute approximate surface area is 127 Å². The van der Waals surface area contributed by atoms with Gasteiger partial charge in [0, 0.05) is 11.8 Å². The van der Waals surface area contributed by atoms with Gasteiger partial charge in [0.25, 0.3) is 0 Å². The van der Waals surface area contributed by atoms with E-state index in [9.17, 15) is 9.90 Å². The molecule has 1 atom stereocenters. The minimum absolute atomic E-state index is 0.384. The van der Waals surface area contributed by atoms with Gasteiger partial charge < -0.3 is 19.6 Å². The van der Waals surface area contributed by atoms with E-state index in [1.54, 1.807) is 6.92 Å². The number of carbonyl (C=O) groups is 1. The lowest BCUT2D eigenvalue weighted by Crippen LogP contribution is -2.40. The minimum Gasteiger partial charge on any atom is -0.548 e. The summed E-state index contributed by atoms with van der Waals surface area (Å²) in [7, 11) is 0. The molecule has 0 radical (unpaired) electrons. The molecule has 0 aliphatic heterocycles. The number of anilines is 1. The van der Waals surface area contributed by atoms with Crippen LogP contribution in [-0.4, -0.2) is 22.0 Å². The number of furan rings is 1. The number of nitrogens with zero attached hydrogens (tertiary/aromatic N) is 2. The molecule has 114 valence electrons. The molecule has 0 spiro atoms. The SMILES string of the molecule is CCc1nc(N[C@H](CC)C(=O)[O-])c2oc3ccccc3c2n1. The Hall–Kier alpha value is -2.63. The monoisotopic (exact) mass is 298 g/mol. The van der Waals surface area contributed by atoms with Crippen LogP contribution in [0.1, 0.15) is 26.1 Å². The predicted octanol–water partition coefficient (Wildman–Crippen LogP) is 1.88. The number of aryl methyl sites for hydroxylation is 1. The molecule has 0 saturated carbocycles. The van der Waals surface area contributed by atoms with Crippen LogP contribution in [0.15, 0.2) is 28.7 Å². The van der Waals surface area contributed by atoms with Gasteiger partial charge in [-0.25, -0.2) is 9.97 Å². The lowest BCUT2D eigenvalue weighted by atomic mass is 10.2. The maximum atomic E-state index is 11.1. The number of benzene rings is 1. The van der Waals surface area contributed by atoms with Crippen molar-refractivity contribution in [1.29, 1.82) is 0 Å². The van der Waals surface area contributed by atoms with Gasteiger partial charge in [0.1, 0.15) is 16.9 Å². The number of nitrogens with one attached hydrogen (secondary N) is 1. The first kappa shape index (κ1) is 14.3. The largest absolute Gasteiger partial charge is 0.548 e. The van der Waals surface area contributed by atoms with Crippen molar-refractivity contribution in [2.75, 3.05) is 5.32 Å². The van der Waals surface area contributed by atoms with E-state index in [2.05, 4.69) is 15.3 Å². The van der Waals surface area contributed by atoms with Gasteiger partial charge in [0.2, 0.25) is 0 Å². The van der Waals surface area contributed by atoms with Crippen LogP contribution >= 0.6 is 0 Å². The molecule has 3 rings (SSSR count). The topological polar surface area (TPSA) is 91.1 Å². The van der Waals surface area contributed by atoms with Gasteiger partial charge >= 0.3 is 0 Å². The van der Waals surface area contributed by atoms with Crippen molar-refractivity contribution >= 4 is 33.9 Å². The normalized spacial score (nSPS) is 12.6. The summed E-state index contributed by atoms with van der Waals surface area (Å²) in [5.74, 6) is -0.132. The van der Waals surface area contributed by atoms with Crippen LogP contribution in [0.5, 0.6) is 0 Å². The van der Waals surface area contributed by atoms with Crippen molar-refractivity contribution in [2.45, 2.75) is 32.7 Å². The smallest absolute Gasteiger partial charge is 0.196 e. The molecule has 3 aromatic rings. The average molecular weight is 298 g/mol. The van der Waals surface area contributed by atoms with Crippen LogP contribution in [0.2, 0.25) is 0 Å². The maximum Gasteiger partial charge on any atom is 0.196 e. The van der Waals surface area contributed by atoms with Crippen molar-refractivity contribution in [3.63, 3.8) is 0 Å². The van der Waals surface area contributed by atoms with Gasteiger partial charge in [-0.05, 0) is 18.6 Å². The Morgan fingerprint density at radius 1 is 1.32 bits per heavy atom. The molecule has 6 nitrogen and oxygen atoms in total. The first-order chi connectivity index (χ1) is 10.6. The van der Waals surface area contributed by atoms with E-state index in [1.807, 2.05) is 31.2 Å². The van der Waals surface area contributed by atoms with Gasteiger partial charge in [0.05, 0.1) is 12.0 Å². The summed E-state index contributed by atoms with van der Waals surface area (Å²) in [5, 5.41) is 14.9. The number of hydrogen-bond donors (Lipinski definition) is 1. The lowest BCUT2D eigenvalue weighted by molar-refractivity contribution is -0.306. The van der Waals surface area contributed by atoms with Crippen molar-refractivity contribution in [1.82, 2.24) is 9.97 Å². The second kappa shape index (κ2) is 5.63. The summed E-state index contributed by atoms with van der Waals surface area (Å²) in [5.41, 5.74) is 1.86. The first-order valence-corrected chi connectivity index (χ1v) is 7.29. The number of aromatic nitrogens is 2. The number of hydrogen-bond acceptors (Lipinski definition) is 6. The van der Waals surface area contributed by atoms with Crippen LogP contribution in [0.4, 0.5) is 5.82 Å². The van der Waals surface area contributed by atoms with Crippen LogP contribution in [0.25, 0.3) is 22.1 Å². The molecular weight excluding hydrogens is 282 g/mol. The summed E-state index contributed by atoms with van der Waals surface area (Å²) in [6.45, 7) is 3.72. The number of carbonyl (C=O) groups excluding carboxylic acids is 1. The van der Waals surface area contributed by atoms with Crippen molar-refractivity contribution in [3.05, 3.63) is 30.1 Å². The summed E-state index contributed by atoms with van der Waals surface area (Å²) < 4.78 is 5.81. The predicted molar refractivity (Wildman–Crippen MR) is 81.4 cm³/mol. The molecule has 6 heteroatoms. The highest BCUT2D eigenvalue weighted by atomic mass is 16.4. The number of aliphatic carboxylic acids is 1. The average Bonchev–Trinajstić information content (AvgIpc) is 2.90. The molecule has 2 aromatic heterocycles. The second-order valence-corrected chi connectivity index (χ2v) is 5.04. The Kier molecular flexibility index (Phi) is 3.66. The van der Waals surface area contributed by atoms with Gasteiger partial charge in [-0.2, -0.15) is 0 Å². The van der Waals surface area contributed by atoms with E-state index in [0.717, 1.165) is 5.39 Å². The van der Waals surface area contributed by atoms with Crippen LogP contribution in [0.3, 0.4) is 0 Å². The molecule has 0 fully saturated rings. The number of para-hydroxylation sites is 1. The van der Waals surface area contributed by atoms with Crippen LogP contribution in [0, 0.1) is 0 Å². The Bertz CT molecular complexity index is 841. The van der Waals surface area contributed by atoms with Crippen LogP contribution in [-0.2, 0) is 11.2 Å². The maximum absolute atomic E-state index is 11.1. The lowest BCUT2D eigenvalue weighted by Gasteiger charge is -2.18. The van der Waals surface area contributed by atoms with Gasteiger partial charge in [-0.1, -0.05) is 26.0 Å². The van der Waals surface area contributed by atoms with E-state index in [1.165, 1.54) is 0 Å². The van der Waals surface area contributed by atoms with E-state index < -0.39 is 12.0 Å². The van der Waals surface area contributed by atoms with E-state index >= 15 is 0 Å². The van der Waals surface area contributed by atoms with E-state index in [0.29, 0.717) is 41.2 Å². The molecule has 0 aliphatic carbocycles. The quantitative estimate of drug-likeness (QED) is 0.773. The highest BCUT2D eigenvalue weighted by Crippen LogP contribution is 2.31. The fraction of sp³-hybridized carbons (Fsp3) is 0.312. The third kappa shape index (κ3) is 2.36. The van der Waals surface area contributed by atoms with E-state index in [4.69, 9.17) is 4.42 Å². The molecule has 0 amide bonds. The zero-order valence-electron chi connectivity index (χ0n) is 12.4. The van der Waals surface area contributed by atoms with Gasteiger partial charge in [-0.3, -0.25) is 0 Å². The molecule has 0 bridgehead atoms. The zero-order chi connectivity index (χ0) is 15.7. The Balaban J connectivity index is 2.21. The number of rotatable bonds is 5. The molecule has 0 saturated heterocycles. The summed E-state index contributed by atoms with van der Waals surface area (Å²) in [6.07, 6.45) is 1.03. The molecular formula is C16H16N3O3-. The molecule has 1 N–H and O–H groups in total. The standard InChI is InChI=1S/C16H17N3O3/c1-3-10(16(20)21)17-15-14-13(18-12(4-2)19-15)9-7-5-6-8-11(9)22-14/h5-8,10H,3-4H2,1-2H3,(H,20,21)(H,17,18,19)/p-1/t10-/m1/s1. The third-order valence-corrected chi connectivity index (χ3v) is 3.59. The number of fused-ring (bicyclic) bond motifs is 3. The highest BCUT2D eigenvalue weighted by molar-refractivity contribution is 6.05. The number of carboxylic acid groups (broad SMARTS) is 1. The Morgan fingerprint density at radius 3 is 2.77 bits per heavy atom. The first-order valence-electron chi connectivity index (χ1n) is 7.29. The number of carboxylic acids is 1. The summed E-state index contributed by atoms with van der Waals surface area (Å²) >= 11 is 0. The summed E-state index contributed by atoms with van der Waals surface area (Å²) in [6, 6.07) is 6.74. The highest BCUT2D eigenvalue weighted by Gasteiger charge is 2.17. The fourth-order valence-electron chi connectivity index (χ4n) is 2.39. The fourth-order valence-corrected chi connectivity index (χ4v) is 2.39. The molecule has 0 unspecified atom stereocenters. The molecule has 1 aromatic carbocycles. The van der Waals surface area contributed by atoms with Gasteiger partial charge in [-0.15, -0.1) is 0 Å². The molecule has 2 heterocycles. The second-order valence-electron chi connectivity index (χ2n) is 5.04. The summed E-state index contributed by atoms with van der Waals surface area (Å²) in [4.78, 5) is 20.0. The van der Waals surface area contributed by atoms with Crippen molar-refractivity contribution in [2.24, 2.45) is 0 Å². The molecule has 0 aliphatic rings. The third-order valence-electron chi connectivity index (χ3n) is 3.59. The van der Waals surface area contributed by atoms with Crippen LogP contribution < -0.4 is 10.4 Å². The Morgan fingerprint density at radius 2 is 2.09 bits per heavy atom.